The van der Waals surface area contributed by atoms with Gasteiger partial charge in [-0.25, -0.2) is 0 Å². The molecular formula is C30H25Cl3N4O5P4. The lowest BCUT2D eigenvalue weighted by Gasteiger charge is -2.29. The van der Waals surface area contributed by atoms with Crippen molar-refractivity contribution in [3.05, 3.63) is 152 Å². The molecule has 1 atom stereocenters. The first kappa shape index (κ1) is 32.8. The van der Waals surface area contributed by atoms with Gasteiger partial charge in [-0.05, 0) is 94.4 Å². The first-order chi connectivity index (χ1) is 22.2. The van der Waals surface area contributed by atoms with E-state index in [2.05, 4.69) is 4.52 Å². The Bertz CT molecular complexity index is 1910. The molecule has 1 unspecified atom stereocenters. The van der Waals surface area contributed by atoms with Crippen molar-refractivity contribution in [1.82, 2.24) is 0 Å². The molecule has 1 aliphatic rings. The van der Waals surface area contributed by atoms with E-state index in [-0.39, 0.29) is 0 Å². The molecule has 0 radical (unpaired) electrons. The maximum Gasteiger partial charge on any atom is 0.459 e. The average Bonchev–Trinajstić information content (AvgIpc) is 3.02. The summed E-state index contributed by atoms with van der Waals surface area (Å²) in [5.74, 6) is -1.92. The summed E-state index contributed by atoms with van der Waals surface area (Å²) in [5.41, 5.74) is 0. The van der Waals surface area contributed by atoms with E-state index in [1.807, 2.05) is 30.3 Å². The Morgan fingerprint density at radius 2 is 0.609 bits per heavy atom. The van der Waals surface area contributed by atoms with E-state index in [9.17, 15) is 0 Å². The van der Waals surface area contributed by atoms with Crippen molar-refractivity contribution in [3.8, 4) is 28.7 Å². The molecule has 16 heteroatoms. The summed E-state index contributed by atoms with van der Waals surface area (Å²) in [5, 5.41) is 0. The van der Waals surface area contributed by atoms with E-state index in [4.69, 9.17) is 69.9 Å². The third-order valence-corrected chi connectivity index (χ3v) is 18.9. The number of rotatable bonds is 10. The molecular weight excluding hydrogens is 727 g/mol. The molecule has 9 nitrogen and oxygen atoms in total. The first-order valence-electron chi connectivity index (χ1n) is 13.6. The van der Waals surface area contributed by atoms with Crippen LogP contribution >= 0.6 is 61.7 Å². The predicted molar refractivity (Wildman–Crippen MR) is 190 cm³/mol. The zero-order valence-corrected chi connectivity index (χ0v) is 29.5. The van der Waals surface area contributed by atoms with Crippen LogP contribution in [0.5, 0.6) is 28.7 Å². The molecule has 46 heavy (non-hydrogen) atoms. The molecule has 6 rings (SSSR count). The van der Waals surface area contributed by atoms with Crippen molar-refractivity contribution in [3.63, 3.8) is 0 Å². The van der Waals surface area contributed by atoms with Crippen LogP contribution in [0.1, 0.15) is 0 Å². The fourth-order valence-corrected chi connectivity index (χ4v) is 19.4. The van der Waals surface area contributed by atoms with Crippen LogP contribution in [0.3, 0.4) is 0 Å². The zero-order chi connectivity index (χ0) is 31.9. The van der Waals surface area contributed by atoms with E-state index >= 15 is 0 Å². The Hall–Kier alpha value is -3.11. The number of hydrogen-bond acceptors (Lipinski definition) is 9. The Morgan fingerprint density at radius 1 is 0.326 bits per heavy atom. The number of halogens is 3. The Kier molecular flexibility index (Phi) is 10.2. The second-order valence-electron chi connectivity index (χ2n) is 9.29. The van der Waals surface area contributed by atoms with Gasteiger partial charge in [-0.2, -0.15) is 4.52 Å². The van der Waals surface area contributed by atoms with Gasteiger partial charge in [0.1, 0.15) is 28.7 Å². The third-order valence-electron chi connectivity index (χ3n) is 5.72. The van der Waals surface area contributed by atoms with Crippen LogP contribution in [0.4, 0.5) is 0 Å². The van der Waals surface area contributed by atoms with Crippen molar-refractivity contribution in [2.45, 2.75) is 0 Å². The summed E-state index contributed by atoms with van der Waals surface area (Å²) in [6.07, 6.45) is 0. The number of para-hydroxylation sites is 5. The molecule has 0 N–H and O–H groups in total. The van der Waals surface area contributed by atoms with Crippen molar-refractivity contribution >= 4 is 61.7 Å². The second kappa shape index (κ2) is 14.3. The second-order valence-corrected chi connectivity index (χ2v) is 21.6. The highest BCUT2D eigenvalue weighted by Gasteiger charge is 2.44. The van der Waals surface area contributed by atoms with E-state index in [1.54, 1.807) is 121 Å². The summed E-state index contributed by atoms with van der Waals surface area (Å²) in [4.78, 5) is 0. The molecule has 1 aliphatic heterocycles. The van der Waals surface area contributed by atoms with Gasteiger partial charge in [0.25, 0.3) is 5.91 Å². The SMILES string of the molecule is ClP1(Cl)=NP(Oc2ccccc2)(Oc2ccccc2)=NP(Oc2ccccc2)(Oc2ccccc2)=NP(Cl)(Oc2ccccc2)=N1. The normalized spacial score (nSPS) is 19.2. The minimum atomic E-state index is -4.06. The van der Waals surface area contributed by atoms with Gasteiger partial charge in [0, 0.05) is 0 Å². The summed E-state index contributed by atoms with van der Waals surface area (Å²) >= 11 is 21.0. The monoisotopic (exact) mass is 750 g/mol. The van der Waals surface area contributed by atoms with Crippen LogP contribution in [0.2, 0.25) is 0 Å². The van der Waals surface area contributed by atoms with E-state index < -0.39 is 28.0 Å². The van der Waals surface area contributed by atoms with Crippen molar-refractivity contribution in [2.24, 2.45) is 18.1 Å². The summed E-state index contributed by atoms with van der Waals surface area (Å²) in [6.45, 7) is -3.87. The maximum absolute atomic E-state index is 7.19. The third kappa shape index (κ3) is 8.82. The molecule has 0 saturated carbocycles. The highest BCUT2D eigenvalue weighted by atomic mass is 35.9. The van der Waals surface area contributed by atoms with Crippen LogP contribution in [0, 0.1) is 0 Å². The van der Waals surface area contributed by atoms with Gasteiger partial charge in [-0.1, -0.05) is 95.5 Å². The lowest BCUT2D eigenvalue weighted by molar-refractivity contribution is 0.461. The molecule has 0 spiro atoms. The summed E-state index contributed by atoms with van der Waals surface area (Å²) in [7, 11) is -8.07. The number of benzene rings is 5. The van der Waals surface area contributed by atoms with Crippen LogP contribution in [0.25, 0.3) is 0 Å². The fourth-order valence-electron chi connectivity index (χ4n) is 3.93. The molecule has 0 bridgehead atoms. The van der Waals surface area contributed by atoms with E-state index in [0.717, 1.165) is 0 Å². The van der Waals surface area contributed by atoms with Crippen LogP contribution in [-0.2, 0) is 0 Å². The van der Waals surface area contributed by atoms with E-state index in [0.29, 0.717) is 28.7 Å². The molecule has 0 aromatic heterocycles. The molecule has 0 fully saturated rings. The lowest BCUT2D eigenvalue weighted by Crippen LogP contribution is -2.05. The van der Waals surface area contributed by atoms with Crippen LogP contribution in [0.15, 0.2) is 170 Å². The van der Waals surface area contributed by atoms with Gasteiger partial charge in [-0.15, -0.1) is 9.03 Å². The van der Waals surface area contributed by atoms with Crippen LogP contribution in [-0.4, -0.2) is 0 Å². The van der Waals surface area contributed by atoms with Gasteiger partial charge >= 0.3 is 22.1 Å². The number of nitrogens with zero attached hydrogens (tertiary/aromatic N) is 4. The predicted octanol–water partition coefficient (Wildman–Crippen LogP) is 13.9. The highest BCUT2D eigenvalue weighted by molar-refractivity contribution is 8.14. The van der Waals surface area contributed by atoms with Crippen molar-refractivity contribution in [1.29, 1.82) is 0 Å². The minimum Gasteiger partial charge on any atom is -0.431 e. The largest absolute Gasteiger partial charge is 0.459 e. The van der Waals surface area contributed by atoms with Gasteiger partial charge in [0.2, 0.25) is 0 Å². The Morgan fingerprint density at radius 3 is 0.935 bits per heavy atom. The minimum absolute atomic E-state index is 0.367. The molecule has 236 valence electrons. The maximum atomic E-state index is 7.19. The molecule has 0 saturated heterocycles. The van der Waals surface area contributed by atoms with Gasteiger partial charge < -0.3 is 22.6 Å². The summed E-state index contributed by atoms with van der Waals surface area (Å²) in [6, 6.07) is 44.4. The standard InChI is InChI=1S/C30H25Cl3N4O5P4/c31-43(32)34-44(33,38-26-16-6-1-7-17-26)36-46(41-29-22-12-4-13-23-29,42-30-24-14-5-15-25-30)37-45(35-43,39-27-18-8-2-9-19-27)40-28-20-10-3-11-21-28/h1-25H. The van der Waals surface area contributed by atoms with Gasteiger partial charge in [-0.3, -0.25) is 0 Å². The Balaban J connectivity index is 1.68. The van der Waals surface area contributed by atoms with Crippen LogP contribution < -0.4 is 22.6 Å². The quantitative estimate of drug-likeness (QED) is 0.132. The molecule has 5 aromatic carbocycles. The van der Waals surface area contributed by atoms with Crippen molar-refractivity contribution < 1.29 is 22.6 Å². The highest BCUT2D eigenvalue weighted by Crippen LogP contribution is 2.83. The fraction of sp³-hybridized carbons (Fsp3) is 0. The van der Waals surface area contributed by atoms with E-state index in [1.165, 1.54) is 0 Å². The molecule has 0 amide bonds. The van der Waals surface area contributed by atoms with Gasteiger partial charge in [0.05, 0.1) is 0 Å². The smallest absolute Gasteiger partial charge is 0.431 e. The number of hydrogen-bond donors (Lipinski definition) is 0. The first-order valence-corrected chi connectivity index (χ1v) is 22.7. The van der Waals surface area contributed by atoms with Crippen molar-refractivity contribution in [2.75, 3.05) is 0 Å². The zero-order valence-electron chi connectivity index (χ0n) is 23.7. The topological polar surface area (TPSA) is 95.6 Å². The Labute approximate surface area is 281 Å². The molecule has 5 aromatic rings. The van der Waals surface area contributed by atoms with Gasteiger partial charge in [0.15, 0.2) is 0 Å². The summed E-state index contributed by atoms with van der Waals surface area (Å²) < 4.78 is 51.8. The lowest BCUT2D eigenvalue weighted by atomic mass is 10.3. The molecule has 0 aliphatic carbocycles. The average molecular weight is 752 g/mol. The molecule has 1 heterocycles.